The summed E-state index contributed by atoms with van der Waals surface area (Å²) < 4.78 is 6.84. The van der Waals surface area contributed by atoms with Crippen LogP contribution < -0.4 is 0 Å². The Kier molecular flexibility index (Phi) is 6.21. The summed E-state index contributed by atoms with van der Waals surface area (Å²) in [5, 5.41) is 2.50. The Balaban J connectivity index is 1.72. The van der Waals surface area contributed by atoms with Gasteiger partial charge in [-0.2, -0.15) is 0 Å². The fourth-order valence-corrected chi connectivity index (χ4v) is 7.54. The number of hydrogen-bond acceptors (Lipinski definition) is 2. The van der Waals surface area contributed by atoms with Crippen molar-refractivity contribution in [1.29, 1.82) is 0 Å². The highest BCUT2D eigenvalue weighted by Gasteiger charge is 2.45. The number of benzene rings is 3. The molecule has 0 N–H and O–H groups in total. The molecule has 0 amide bonds. The first-order valence-corrected chi connectivity index (χ1v) is 14.7. The van der Waals surface area contributed by atoms with Crippen molar-refractivity contribution >= 4 is 21.9 Å². The lowest BCUT2D eigenvalue weighted by Crippen LogP contribution is -2.29. The van der Waals surface area contributed by atoms with Gasteiger partial charge in [0.2, 0.25) is 0 Å². The van der Waals surface area contributed by atoms with Gasteiger partial charge in [-0.1, -0.05) is 84.0 Å². The number of rotatable bonds is 6. The molecule has 0 saturated carbocycles. The molecule has 5 aromatic rings. The molecule has 0 atom stereocenters. The van der Waals surface area contributed by atoms with Crippen molar-refractivity contribution < 1.29 is 4.42 Å². The molecule has 6 rings (SSSR count). The zero-order valence-corrected chi connectivity index (χ0v) is 24.8. The van der Waals surface area contributed by atoms with Crippen molar-refractivity contribution in [3.63, 3.8) is 0 Å². The summed E-state index contributed by atoms with van der Waals surface area (Å²) in [7, 11) is 0. The SMILES string of the molecule is Cc1cnc(-c2c(C)ccc3c2oc2ccc4c(c23)C(CC(C)C)(CC(C)C)c2ccccc2-4)cc1C(C)C. The second kappa shape index (κ2) is 9.37. The molecule has 2 aromatic heterocycles. The number of hydrogen-bond donors (Lipinski definition) is 0. The summed E-state index contributed by atoms with van der Waals surface area (Å²) >= 11 is 0. The number of fused-ring (bicyclic) bond motifs is 7. The molecule has 1 aliphatic carbocycles. The van der Waals surface area contributed by atoms with E-state index in [1.807, 2.05) is 6.20 Å². The summed E-state index contributed by atoms with van der Waals surface area (Å²) in [6.07, 6.45) is 4.27. The molecule has 2 heterocycles. The van der Waals surface area contributed by atoms with E-state index in [4.69, 9.17) is 9.40 Å². The van der Waals surface area contributed by atoms with Gasteiger partial charge in [0.05, 0.1) is 5.69 Å². The van der Waals surface area contributed by atoms with E-state index in [9.17, 15) is 0 Å². The standard InChI is InChI=1S/C37H41NO/c1-21(2)18-37(19-22(3)4)30-12-10-9-11-26(30)27-15-16-32-34(35(27)37)28-14-13-24(7)33(36(28)39-32)31-17-29(23(5)6)25(8)20-38-31/h9-17,20-23H,18-19H2,1-8H3. The Bertz CT molecular complexity index is 1710. The fraction of sp³-hybridized carbons (Fsp3) is 0.378. The molecule has 0 radical (unpaired) electrons. The summed E-state index contributed by atoms with van der Waals surface area (Å²) in [5.74, 6) is 1.58. The highest BCUT2D eigenvalue weighted by Crippen LogP contribution is 2.58. The zero-order valence-electron chi connectivity index (χ0n) is 24.8. The van der Waals surface area contributed by atoms with Gasteiger partial charge in [0.1, 0.15) is 11.2 Å². The second-order valence-electron chi connectivity index (χ2n) is 13.0. The first-order valence-electron chi connectivity index (χ1n) is 14.7. The largest absolute Gasteiger partial charge is 0.455 e. The minimum absolute atomic E-state index is 0.0391. The third-order valence-corrected chi connectivity index (χ3v) is 8.76. The molecule has 3 aromatic carbocycles. The highest BCUT2D eigenvalue weighted by atomic mass is 16.3. The summed E-state index contributed by atoms with van der Waals surface area (Å²) in [4.78, 5) is 4.92. The zero-order chi connectivity index (χ0) is 27.6. The molecular weight excluding hydrogens is 474 g/mol. The van der Waals surface area contributed by atoms with E-state index >= 15 is 0 Å². The summed E-state index contributed by atoms with van der Waals surface area (Å²) in [6.45, 7) is 18.3. The van der Waals surface area contributed by atoms with Crippen LogP contribution in [0.25, 0.3) is 44.3 Å². The quantitative estimate of drug-likeness (QED) is 0.225. The Morgan fingerprint density at radius 2 is 1.51 bits per heavy atom. The average Bonchev–Trinajstić information content (AvgIpc) is 3.37. The second-order valence-corrected chi connectivity index (χ2v) is 13.0. The molecule has 0 saturated heterocycles. The molecule has 0 bridgehead atoms. The van der Waals surface area contributed by atoms with Gasteiger partial charge in [0.25, 0.3) is 0 Å². The van der Waals surface area contributed by atoms with Crippen molar-refractivity contribution in [3.8, 4) is 22.4 Å². The van der Waals surface area contributed by atoms with Crippen LogP contribution in [-0.2, 0) is 5.41 Å². The van der Waals surface area contributed by atoms with Crippen molar-refractivity contribution in [2.24, 2.45) is 11.8 Å². The Hall–Kier alpha value is -3.39. The van der Waals surface area contributed by atoms with E-state index in [1.54, 1.807) is 0 Å². The lowest BCUT2D eigenvalue weighted by molar-refractivity contribution is 0.339. The van der Waals surface area contributed by atoms with Crippen LogP contribution in [0.2, 0.25) is 0 Å². The van der Waals surface area contributed by atoms with E-state index in [0.717, 1.165) is 35.3 Å². The third-order valence-electron chi connectivity index (χ3n) is 8.76. The third kappa shape index (κ3) is 3.94. The van der Waals surface area contributed by atoms with Crippen LogP contribution in [0.1, 0.15) is 88.1 Å². The van der Waals surface area contributed by atoms with Gasteiger partial charge in [0, 0.05) is 27.9 Å². The maximum Gasteiger partial charge on any atom is 0.145 e. The molecule has 2 heteroatoms. The van der Waals surface area contributed by atoms with Crippen LogP contribution in [-0.4, -0.2) is 4.98 Å². The number of aromatic nitrogens is 1. The normalized spacial score (nSPS) is 14.2. The molecule has 0 unspecified atom stereocenters. The van der Waals surface area contributed by atoms with Gasteiger partial charge < -0.3 is 4.42 Å². The van der Waals surface area contributed by atoms with Crippen LogP contribution in [0.15, 0.2) is 65.2 Å². The van der Waals surface area contributed by atoms with Crippen LogP contribution in [0.3, 0.4) is 0 Å². The van der Waals surface area contributed by atoms with Gasteiger partial charge in [-0.25, -0.2) is 0 Å². The van der Waals surface area contributed by atoms with E-state index in [2.05, 4.69) is 110 Å². The van der Waals surface area contributed by atoms with E-state index in [-0.39, 0.29) is 5.41 Å². The first kappa shape index (κ1) is 25.9. The van der Waals surface area contributed by atoms with Gasteiger partial charge in [-0.3, -0.25) is 4.98 Å². The fourth-order valence-electron chi connectivity index (χ4n) is 7.54. The van der Waals surface area contributed by atoms with Crippen LogP contribution in [0.4, 0.5) is 0 Å². The van der Waals surface area contributed by atoms with Crippen LogP contribution >= 0.6 is 0 Å². The maximum atomic E-state index is 6.84. The topological polar surface area (TPSA) is 26.0 Å². The maximum absolute atomic E-state index is 6.84. The van der Waals surface area contributed by atoms with Crippen molar-refractivity contribution in [3.05, 3.63) is 88.6 Å². The predicted molar refractivity (Wildman–Crippen MR) is 166 cm³/mol. The average molecular weight is 516 g/mol. The van der Waals surface area contributed by atoms with Gasteiger partial charge in [0.15, 0.2) is 0 Å². The minimum Gasteiger partial charge on any atom is -0.455 e. The molecule has 0 aliphatic heterocycles. The summed E-state index contributed by atoms with van der Waals surface area (Å²) in [6, 6.07) is 20.5. The number of pyridine rings is 1. The molecule has 0 spiro atoms. The number of aryl methyl sites for hydroxylation is 2. The van der Waals surface area contributed by atoms with Gasteiger partial charge in [-0.15, -0.1) is 0 Å². The molecule has 39 heavy (non-hydrogen) atoms. The summed E-state index contributed by atoms with van der Waals surface area (Å²) in [5.41, 5.74) is 13.5. The van der Waals surface area contributed by atoms with E-state index in [1.165, 1.54) is 49.7 Å². The molecule has 200 valence electrons. The van der Waals surface area contributed by atoms with Gasteiger partial charge >= 0.3 is 0 Å². The van der Waals surface area contributed by atoms with Crippen LogP contribution in [0, 0.1) is 25.7 Å². The Labute approximate surface area is 233 Å². The smallest absolute Gasteiger partial charge is 0.145 e. The monoisotopic (exact) mass is 515 g/mol. The lowest BCUT2D eigenvalue weighted by atomic mass is 9.67. The van der Waals surface area contributed by atoms with Crippen molar-refractivity contribution in [2.75, 3.05) is 0 Å². The highest BCUT2D eigenvalue weighted by molar-refractivity contribution is 6.14. The lowest BCUT2D eigenvalue weighted by Gasteiger charge is -2.36. The first-order chi connectivity index (χ1) is 18.6. The molecule has 1 aliphatic rings. The molecule has 2 nitrogen and oxygen atoms in total. The molecule has 0 fully saturated rings. The Morgan fingerprint density at radius 3 is 2.21 bits per heavy atom. The number of nitrogens with zero attached hydrogens (tertiary/aromatic N) is 1. The van der Waals surface area contributed by atoms with Crippen molar-refractivity contribution in [1.82, 2.24) is 4.98 Å². The molecular formula is C37H41NO. The predicted octanol–water partition coefficient (Wildman–Crippen LogP) is 10.7. The van der Waals surface area contributed by atoms with Gasteiger partial charge in [-0.05, 0) is 95.5 Å². The van der Waals surface area contributed by atoms with E-state index < -0.39 is 0 Å². The van der Waals surface area contributed by atoms with E-state index in [0.29, 0.717) is 17.8 Å². The van der Waals surface area contributed by atoms with Crippen LogP contribution in [0.5, 0.6) is 0 Å². The van der Waals surface area contributed by atoms with Crippen molar-refractivity contribution in [2.45, 2.75) is 79.6 Å². The minimum atomic E-state index is -0.0391. The Morgan fingerprint density at radius 1 is 0.795 bits per heavy atom. The number of furan rings is 1.